The molecule has 0 atom stereocenters. The molecule has 0 amide bonds. The Bertz CT molecular complexity index is 1330. The Labute approximate surface area is 212 Å². The van der Waals surface area contributed by atoms with Gasteiger partial charge in [0.25, 0.3) is 0 Å². The zero-order valence-corrected chi connectivity index (χ0v) is 20.8. The molecule has 3 aromatic rings. The van der Waals surface area contributed by atoms with Gasteiger partial charge in [0.2, 0.25) is 10.0 Å². The highest BCUT2D eigenvalue weighted by atomic mass is 32.2. The minimum atomic E-state index is -3.41. The highest BCUT2D eigenvalue weighted by Gasteiger charge is 2.29. The average Bonchev–Trinajstić information content (AvgIpc) is 3.29. The Hall–Kier alpha value is -3.41. The van der Waals surface area contributed by atoms with E-state index in [1.165, 1.54) is 10.4 Å². The van der Waals surface area contributed by atoms with E-state index in [1.54, 1.807) is 36.4 Å². The number of benzene rings is 2. The predicted molar refractivity (Wildman–Crippen MR) is 134 cm³/mol. The zero-order chi connectivity index (χ0) is 25.7. The van der Waals surface area contributed by atoms with Crippen LogP contribution in [0.5, 0.6) is 11.5 Å². The van der Waals surface area contributed by atoms with E-state index in [-0.39, 0.29) is 22.5 Å². The van der Waals surface area contributed by atoms with Crippen LogP contribution in [-0.4, -0.2) is 60.7 Å². The molecule has 2 N–H and O–H groups in total. The maximum absolute atomic E-state index is 12.8. The first kappa shape index (κ1) is 25.7. The molecule has 9 nitrogen and oxygen atoms in total. The lowest BCUT2D eigenvalue weighted by Crippen LogP contribution is -2.42. The molecule has 0 radical (unpaired) electrons. The molecule has 2 aromatic carbocycles. The molecule has 1 aromatic heterocycles. The van der Waals surface area contributed by atoms with E-state index < -0.39 is 28.6 Å². The smallest absolute Gasteiger partial charge is 0.349 e. The average molecular weight is 532 g/mol. The molecule has 0 aliphatic carbocycles. The topological polar surface area (TPSA) is 130 Å². The third-order valence-electron chi connectivity index (χ3n) is 5.65. The Morgan fingerprint density at radius 1 is 1.00 bits per heavy atom. The van der Waals surface area contributed by atoms with Gasteiger partial charge in [0.05, 0.1) is 5.75 Å². The number of thiophene rings is 1. The van der Waals surface area contributed by atoms with Crippen molar-refractivity contribution in [2.75, 3.05) is 19.7 Å². The van der Waals surface area contributed by atoms with Crippen molar-refractivity contribution in [1.29, 1.82) is 0 Å². The summed E-state index contributed by atoms with van der Waals surface area (Å²) in [7, 11) is -3.41. The second-order valence-electron chi connectivity index (χ2n) is 8.28. The molecule has 2 heterocycles. The first-order chi connectivity index (χ1) is 17.2. The Kier molecular flexibility index (Phi) is 7.92. The summed E-state index contributed by atoms with van der Waals surface area (Å²) < 4.78 is 38.3. The highest BCUT2D eigenvalue weighted by Crippen LogP contribution is 2.38. The summed E-state index contributed by atoms with van der Waals surface area (Å²) in [5, 5.41) is 18.3. The van der Waals surface area contributed by atoms with Crippen LogP contribution in [0.15, 0.2) is 60.7 Å². The summed E-state index contributed by atoms with van der Waals surface area (Å²) in [4.78, 5) is 22.9. The lowest BCUT2D eigenvalue weighted by Gasteiger charge is -2.31. The number of aromatic carboxylic acids is 1. The van der Waals surface area contributed by atoms with Crippen molar-refractivity contribution in [1.82, 2.24) is 4.31 Å². The van der Waals surface area contributed by atoms with E-state index in [1.807, 2.05) is 18.2 Å². The largest absolute Gasteiger partial charge is 0.490 e. The van der Waals surface area contributed by atoms with E-state index in [0.717, 1.165) is 16.9 Å². The normalized spacial score (nSPS) is 14.9. The van der Waals surface area contributed by atoms with Gasteiger partial charge in [-0.15, -0.1) is 11.3 Å². The molecule has 0 unspecified atom stereocenters. The second-order valence-corrected chi connectivity index (χ2v) is 11.3. The monoisotopic (exact) mass is 531 g/mol. The number of nitrogens with zero attached hydrogens (tertiary/aromatic N) is 1. The van der Waals surface area contributed by atoms with Gasteiger partial charge in [0, 0.05) is 18.0 Å². The van der Waals surface area contributed by atoms with Crippen LogP contribution in [0.25, 0.3) is 10.4 Å². The van der Waals surface area contributed by atoms with E-state index in [9.17, 15) is 23.1 Å². The number of aliphatic carboxylic acids is 1. The van der Waals surface area contributed by atoms with Gasteiger partial charge in [-0.25, -0.2) is 22.3 Å². The number of hydrogen-bond acceptors (Lipinski definition) is 7. The standard InChI is InChI=1S/C25H25NO8S2/c27-23(28)15-33-21-14-22(35-24(21)25(29)30)18-7-4-8-20(13-18)34-19-9-11-26(12-10-19)36(31,32)16-17-5-2-1-3-6-17/h1-8,13-14,19H,9-12,15-16H2,(H,27,28)(H,29,30). The fourth-order valence-electron chi connectivity index (χ4n) is 3.93. The molecule has 11 heteroatoms. The molecule has 0 spiro atoms. The summed E-state index contributed by atoms with van der Waals surface area (Å²) >= 11 is 0.984. The summed E-state index contributed by atoms with van der Waals surface area (Å²) in [6.45, 7) is 0.104. The number of carbonyl (C=O) groups is 2. The third kappa shape index (κ3) is 6.42. The summed E-state index contributed by atoms with van der Waals surface area (Å²) in [5.74, 6) is -1.85. The lowest BCUT2D eigenvalue weighted by atomic mass is 10.1. The summed E-state index contributed by atoms with van der Waals surface area (Å²) in [6, 6.07) is 17.7. The van der Waals surface area contributed by atoms with Gasteiger partial charge in [0.15, 0.2) is 11.5 Å². The molecule has 1 fully saturated rings. The van der Waals surface area contributed by atoms with Crippen molar-refractivity contribution in [3.63, 3.8) is 0 Å². The van der Waals surface area contributed by atoms with Gasteiger partial charge >= 0.3 is 11.9 Å². The van der Waals surface area contributed by atoms with Crippen LogP contribution in [0.4, 0.5) is 0 Å². The molecular formula is C25H25NO8S2. The molecular weight excluding hydrogens is 506 g/mol. The number of carboxylic acids is 2. The molecule has 4 rings (SSSR count). The molecule has 1 saturated heterocycles. The van der Waals surface area contributed by atoms with E-state index >= 15 is 0 Å². The molecule has 1 aliphatic heterocycles. The van der Waals surface area contributed by atoms with Crippen molar-refractivity contribution in [3.05, 3.63) is 71.1 Å². The Morgan fingerprint density at radius 3 is 2.39 bits per heavy atom. The van der Waals surface area contributed by atoms with Crippen LogP contribution in [0.2, 0.25) is 0 Å². The highest BCUT2D eigenvalue weighted by molar-refractivity contribution is 7.88. The van der Waals surface area contributed by atoms with Crippen LogP contribution >= 0.6 is 11.3 Å². The molecule has 190 valence electrons. The maximum Gasteiger partial charge on any atom is 0.349 e. The van der Waals surface area contributed by atoms with Crippen molar-refractivity contribution >= 4 is 33.3 Å². The number of piperidine rings is 1. The van der Waals surface area contributed by atoms with Gasteiger partial charge < -0.3 is 19.7 Å². The predicted octanol–water partition coefficient (Wildman–Crippen LogP) is 3.95. The second kappa shape index (κ2) is 11.1. The van der Waals surface area contributed by atoms with E-state index in [0.29, 0.717) is 42.1 Å². The van der Waals surface area contributed by atoms with Gasteiger partial charge in [-0.2, -0.15) is 0 Å². The first-order valence-corrected chi connectivity index (χ1v) is 13.6. The fourth-order valence-corrected chi connectivity index (χ4v) is 6.43. The van der Waals surface area contributed by atoms with Gasteiger partial charge in [-0.1, -0.05) is 42.5 Å². The van der Waals surface area contributed by atoms with Crippen LogP contribution in [0, 0.1) is 0 Å². The molecule has 1 aliphatic rings. The van der Waals surface area contributed by atoms with Gasteiger partial charge in [-0.05, 0) is 42.2 Å². The van der Waals surface area contributed by atoms with Crippen molar-refractivity contribution in [2.24, 2.45) is 0 Å². The van der Waals surface area contributed by atoms with E-state index in [2.05, 4.69) is 0 Å². The Morgan fingerprint density at radius 2 is 1.72 bits per heavy atom. The number of ether oxygens (including phenoxy) is 2. The first-order valence-electron chi connectivity index (χ1n) is 11.2. The minimum absolute atomic E-state index is 0.000283. The summed E-state index contributed by atoms with van der Waals surface area (Å²) in [5.41, 5.74) is 1.46. The van der Waals surface area contributed by atoms with Crippen LogP contribution in [-0.2, 0) is 20.6 Å². The maximum atomic E-state index is 12.8. The fraction of sp³-hybridized carbons (Fsp3) is 0.280. The number of hydrogen-bond donors (Lipinski definition) is 2. The minimum Gasteiger partial charge on any atom is -0.490 e. The van der Waals surface area contributed by atoms with Crippen LogP contribution in [0.3, 0.4) is 0 Å². The Balaban J connectivity index is 1.39. The SMILES string of the molecule is O=C(O)COc1cc(-c2cccc(OC3CCN(S(=O)(=O)Cc4ccccc4)CC3)c2)sc1C(=O)O. The number of carboxylic acid groups (broad SMARTS) is 2. The number of rotatable bonds is 10. The summed E-state index contributed by atoms with van der Waals surface area (Å²) in [6.07, 6.45) is 0.942. The van der Waals surface area contributed by atoms with Gasteiger partial charge in [0.1, 0.15) is 17.6 Å². The van der Waals surface area contributed by atoms with Crippen molar-refractivity contribution < 1.29 is 37.7 Å². The lowest BCUT2D eigenvalue weighted by molar-refractivity contribution is -0.139. The molecule has 0 saturated carbocycles. The van der Waals surface area contributed by atoms with Crippen molar-refractivity contribution in [3.8, 4) is 21.9 Å². The van der Waals surface area contributed by atoms with Crippen molar-refractivity contribution in [2.45, 2.75) is 24.7 Å². The van der Waals surface area contributed by atoms with Gasteiger partial charge in [-0.3, -0.25) is 0 Å². The molecule has 36 heavy (non-hydrogen) atoms. The quantitative estimate of drug-likeness (QED) is 0.402. The zero-order valence-electron chi connectivity index (χ0n) is 19.2. The molecule has 0 bridgehead atoms. The van der Waals surface area contributed by atoms with E-state index in [4.69, 9.17) is 14.6 Å². The van der Waals surface area contributed by atoms with Crippen LogP contribution < -0.4 is 9.47 Å². The van der Waals surface area contributed by atoms with Crippen LogP contribution in [0.1, 0.15) is 28.1 Å². The third-order valence-corrected chi connectivity index (χ3v) is 8.65. The number of sulfonamides is 1.